The van der Waals surface area contributed by atoms with Gasteiger partial charge in [-0.25, -0.2) is 0 Å². The molecule has 0 radical (unpaired) electrons. The Hall–Kier alpha value is -1.38. The van der Waals surface area contributed by atoms with Gasteiger partial charge in [0, 0.05) is 17.8 Å². The van der Waals surface area contributed by atoms with Gasteiger partial charge in [0.05, 0.1) is 12.3 Å². The number of nitrogens with two attached hydrogens (primary N) is 1. The summed E-state index contributed by atoms with van der Waals surface area (Å²) < 4.78 is 5.70. The standard InChI is InChI=1S/C14H22N2O/c1-4-17-14-8-7-12(15)9-13(14)16-10(2)5-6-11(16)3/h7-11H,4-6,15H2,1-3H3/t10-,11-/m1/s1. The van der Waals surface area contributed by atoms with Crippen LogP contribution >= 0.6 is 0 Å². The number of benzene rings is 1. The van der Waals surface area contributed by atoms with Crippen molar-refractivity contribution >= 4 is 11.4 Å². The van der Waals surface area contributed by atoms with Crippen LogP contribution in [0.4, 0.5) is 11.4 Å². The summed E-state index contributed by atoms with van der Waals surface area (Å²) in [5.74, 6) is 0.947. The number of hydrogen-bond acceptors (Lipinski definition) is 3. The van der Waals surface area contributed by atoms with Crippen molar-refractivity contribution in [3.63, 3.8) is 0 Å². The second-order valence-electron chi connectivity index (χ2n) is 4.84. The third-order valence-electron chi connectivity index (χ3n) is 3.51. The summed E-state index contributed by atoms with van der Waals surface area (Å²) in [5, 5.41) is 0. The molecule has 2 N–H and O–H groups in total. The third kappa shape index (κ3) is 2.33. The van der Waals surface area contributed by atoms with E-state index in [1.807, 2.05) is 25.1 Å². The molecular weight excluding hydrogens is 212 g/mol. The Morgan fingerprint density at radius 1 is 1.29 bits per heavy atom. The quantitative estimate of drug-likeness (QED) is 0.817. The molecule has 1 fully saturated rings. The smallest absolute Gasteiger partial charge is 0.142 e. The molecule has 0 aliphatic carbocycles. The number of hydrogen-bond donors (Lipinski definition) is 1. The number of rotatable bonds is 3. The maximum absolute atomic E-state index is 5.90. The predicted octanol–water partition coefficient (Wildman–Crippen LogP) is 3.04. The highest BCUT2D eigenvalue weighted by molar-refractivity contribution is 5.66. The SMILES string of the molecule is CCOc1ccc(N)cc1N1[C@H](C)CC[C@H]1C. The van der Waals surface area contributed by atoms with Crippen LogP contribution in [0.15, 0.2) is 18.2 Å². The van der Waals surface area contributed by atoms with E-state index in [2.05, 4.69) is 18.7 Å². The fourth-order valence-electron chi connectivity index (χ4n) is 2.68. The number of anilines is 2. The first kappa shape index (κ1) is 12.1. The second kappa shape index (κ2) is 4.86. The summed E-state index contributed by atoms with van der Waals surface area (Å²) in [6, 6.07) is 7.03. The van der Waals surface area contributed by atoms with Crippen molar-refractivity contribution in [2.45, 2.75) is 45.7 Å². The molecule has 1 saturated heterocycles. The summed E-state index contributed by atoms with van der Waals surface area (Å²) in [6.07, 6.45) is 2.48. The summed E-state index contributed by atoms with van der Waals surface area (Å²) >= 11 is 0. The maximum atomic E-state index is 5.90. The lowest BCUT2D eigenvalue weighted by atomic mass is 10.2. The van der Waals surface area contributed by atoms with Crippen LogP contribution in [-0.2, 0) is 0 Å². The lowest BCUT2D eigenvalue weighted by Crippen LogP contribution is -2.32. The van der Waals surface area contributed by atoms with Crippen LogP contribution < -0.4 is 15.4 Å². The van der Waals surface area contributed by atoms with Gasteiger partial charge in [-0.05, 0) is 51.8 Å². The van der Waals surface area contributed by atoms with Gasteiger partial charge in [0.15, 0.2) is 0 Å². The van der Waals surface area contributed by atoms with Crippen LogP contribution in [0.5, 0.6) is 5.75 Å². The first-order valence-electron chi connectivity index (χ1n) is 6.44. The molecule has 0 amide bonds. The van der Waals surface area contributed by atoms with Crippen LogP contribution in [0, 0.1) is 0 Å². The van der Waals surface area contributed by atoms with E-state index in [9.17, 15) is 0 Å². The molecule has 3 nitrogen and oxygen atoms in total. The molecule has 1 aliphatic rings. The van der Waals surface area contributed by atoms with Crippen LogP contribution in [0.2, 0.25) is 0 Å². The summed E-state index contributed by atoms with van der Waals surface area (Å²) in [7, 11) is 0. The minimum Gasteiger partial charge on any atom is -0.492 e. The topological polar surface area (TPSA) is 38.5 Å². The number of nitrogen functional groups attached to an aromatic ring is 1. The van der Waals surface area contributed by atoms with Crippen LogP contribution in [0.3, 0.4) is 0 Å². The van der Waals surface area contributed by atoms with Gasteiger partial charge in [-0.3, -0.25) is 0 Å². The van der Waals surface area contributed by atoms with E-state index < -0.39 is 0 Å². The van der Waals surface area contributed by atoms with Gasteiger partial charge >= 0.3 is 0 Å². The van der Waals surface area contributed by atoms with Crippen LogP contribution in [0.1, 0.15) is 33.6 Å². The maximum Gasteiger partial charge on any atom is 0.142 e. The lowest BCUT2D eigenvalue weighted by molar-refractivity contribution is 0.339. The zero-order valence-corrected chi connectivity index (χ0v) is 10.9. The van der Waals surface area contributed by atoms with Gasteiger partial charge in [0.1, 0.15) is 5.75 Å². The van der Waals surface area contributed by atoms with Gasteiger partial charge in [-0.2, -0.15) is 0 Å². The molecule has 1 aliphatic heterocycles. The average molecular weight is 234 g/mol. The molecule has 2 atom stereocenters. The van der Waals surface area contributed by atoms with E-state index in [0.717, 1.165) is 17.1 Å². The zero-order chi connectivity index (χ0) is 12.4. The number of nitrogens with zero attached hydrogens (tertiary/aromatic N) is 1. The fourth-order valence-corrected chi connectivity index (χ4v) is 2.68. The van der Waals surface area contributed by atoms with Gasteiger partial charge in [0.2, 0.25) is 0 Å². The highest BCUT2D eigenvalue weighted by Gasteiger charge is 2.29. The van der Waals surface area contributed by atoms with Crippen molar-refractivity contribution in [1.82, 2.24) is 0 Å². The number of ether oxygens (including phenoxy) is 1. The molecule has 0 saturated carbocycles. The van der Waals surface area contributed by atoms with E-state index in [1.165, 1.54) is 12.8 Å². The predicted molar refractivity (Wildman–Crippen MR) is 72.7 cm³/mol. The Bertz CT molecular complexity index is 382. The minimum atomic E-state index is 0.561. The molecule has 1 aromatic rings. The Morgan fingerprint density at radius 2 is 1.94 bits per heavy atom. The average Bonchev–Trinajstić information content (AvgIpc) is 2.62. The summed E-state index contributed by atoms with van der Waals surface area (Å²) in [6.45, 7) is 7.23. The van der Waals surface area contributed by atoms with E-state index in [-0.39, 0.29) is 0 Å². The molecule has 2 rings (SSSR count). The molecule has 0 bridgehead atoms. The summed E-state index contributed by atoms with van der Waals surface area (Å²) in [5.41, 5.74) is 7.84. The van der Waals surface area contributed by atoms with Gasteiger partial charge in [0.25, 0.3) is 0 Å². The molecule has 0 aromatic heterocycles. The zero-order valence-electron chi connectivity index (χ0n) is 10.9. The molecule has 0 unspecified atom stereocenters. The Labute approximate surface area is 104 Å². The van der Waals surface area contributed by atoms with Gasteiger partial charge in [-0.1, -0.05) is 0 Å². The van der Waals surface area contributed by atoms with E-state index >= 15 is 0 Å². The first-order valence-corrected chi connectivity index (χ1v) is 6.44. The third-order valence-corrected chi connectivity index (χ3v) is 3.51. The van der Waals surface area contributed by atoms with E-state index in [1.54, 1.807) is 0 Å². The Kier molecular flexibility index (Phi) is 3.46. The Morgan fingerprint density at radius 3 is 2.53 bits per heavy atom. The van der Waals surface area contributed by atoms with Crippen molar-refractivity contribution in [1.29, 1.82) is 0 Å². The van der Waals surface area contributed by atoms with E-state index in [4.69, 9.17) is 10.5 Å². The molecule has 17 heavy (non-hydrogen) atoms. The van der Waals surface area contributed by atoms with Crippen molar-refractivity contribution in [3.05, 3.63) is 18.2 Å². The Balaban J connectivity index is 2.38. The minimum absolute atomic E-state index is 0.561. The molecular formula is C14H22N2O. The van der Waals surface area contributed by atoms with Crippen molar-refractivity contribution in [2.24, 2.45) is 0 Å². The van der Waals surface area contributed by atoms with Crippen molar-refractivity contribution < 1.29 is 4.74 Å². The summed E-state index contributed by atoms with van der Waals surface area (Å²) in [4.78, 5) is 2.43. The highest BCUT2D eigenvalue weighted by Crippen LogP contribution is 2.37. The molecule has 0 spiro atoms. The van der Waals surface area contributed by atoms with Crippen molar-refractivity contribution in [2.75, 3.05) is 17.2 Å². The lowest BCUT2D eigenvalue weighted by Gasteiger charge is -2.30. The largest absolute Gasteiger partial charge is 0.492 e. The fraction of sp³-hybridized carbons (Fsp3) is 0.571. The van der Waals surface area contributed by atoms with Gasteiger partial charge in [-0.15, -0.1) is 0 Å². The molecule has 1 heterocycles. The monoisotopic (exact) mass is 234 g/mol. The molecule has 3 heteroatoms. The second-order valence-corrected chi connectivity index (χ2v) is 4.84. The van der Waals surface area contributed by atoms with Crippen LogP contribution in [0.25, 0.3) is 0 Å². The van der Waals surface area contributed by atoms with E-state index in [0.29, 0.717) is 18.7 Å². The van der Waals surface area contributed by atoms with Crippen molar-refractivity contribution in [3.8, 4) is 5.75 Å². The van der Waals surface area contributed by atoms with Crippen LogP contribution in [-0.4, -0.2) is 18.7 Å². The molecule has 94 valence electrons. The highest BCUT2D eigenvalue weighted by atomic mass is 16.5. The van der Waals surface area contributed by atoms with Gasteiger partial charge < -0.3 is 15.4 Å². The normalized spacial score (nSPS) is 24.1. The first-order chi connectivity index (χ1) is 8.13. The molecule has 1 aromatic carbocycles.